The van der Waals surface area contributed by atoms with Crippen molar-refractivity contribution in [3.63, 3.8) is 0 Å². The lowest BCUT2D eigenvalue weighted by Gasteiger charge is -2.33. The predicted molar refractivity (Wildman–Crippen MR) is 34.0 cm³/mol. The van der Waals surface area contributed by atoms with Gasteiger partial charge in [-0.1, -0.05) is 0 Å². The monoisotopic (exact) mass is 163 g/mol. The summed E-state index contributed by atoms with van der Waals surface area (Å²) >= 11 is 0. The Hall–Kier alpha value is -0.200. The molecule has 4 N–H and O–H groups in total. The third-order valence-electron chi connectivity index (χ3n) is 1.67. The quantitative estimate of drug-likeness (QED) is 0.359. The Morgan fingerprint density at radius 3 is 2.64 bits per heavy atom. The molecule has 3 atom stereocenters. The van der Waals surface area contributed by atoms with E-state index in [-0.39, 0.29) is 19.3 Å². The lowest BCUT2D eigenvalue weighted by molar-refractivity contribution is -0.160. The maximum absolute atomic E-state index is 9.09. The van der Waals surface area contributed by atoms with Gasteiger partial charge in [0.1, 0.15) is 24.4 Å². The molecule has 5 heteroatoms. The fourth-order valence-electron chi connectivity index (χ4n) is 0.938. The number of aliphatic hydroxyl groups is 4. The first-order valence-electron chi connectivity index (χ1n) is 3.30. The second-order valence-corrected chi connectivity index (χ2v) is 2.46. The van der Waals surface area contributed by atoms with Crippen molar-refractivity contribution in [1.82, 2.24) is 0 Å². The molecule has 0 aromatic heterocycles. The third kappa shape index (κ3) is 1.69. The smallest absolute Gasteiger partial charge is 0.150 e. The van der Waals surface area contributed by atoms with E-state index in [1.54, 1.807) is 0 Å². The van der Waals surface area contributed by atoms with E-state index in [4.69, 9.17) is 25.2 Å². The molecule has 1 aliphatic rings. The van der Waals surface area contributed by atoms with Gasteiger partial charge in [0, 0.05) is 0 Å². The molecule has 0 aliphatic carbocycles. The summed E-state index contributed by atoms with van der Waals surface area (Å²) in [6.07, 6.45) is -3.65. The normalized spacial score (nSPS) is 40.9. The van der Waals surface area contributed by atoms with Crippen LogP contribution in [0.2, 0.25) is 0 Å². The van der Waals surface area contributed by atoms with E-state index in [1.807, 2.05) is 0 Å². The minimum Gasteiger partial charge on any atom is -0.394 e. The highest BCUT2D eigenvalue weighted by molar-refractivity contribution is 4.97. The highest BCUT2D eigenvalue weighted by Crippen LogP contribution is 2.19. The van der Waals surface area contributed by atoms with Crippen LogP contribution >= 0.6 is 0 Å². The van der Waals surface area contributed by atoms with Gasteiger partial charge in [-0.05, 0) is 0 Å². The Bertz CT molecular complexity index is 126. The average molecular weight is 163 g/mol. The predicted octanol–water partition coefficient (Wildman–Crippen LogP) is -2.00. The number of ether oxygens (including phenoxy) is 1. The van der Waals surface area contributed by atoms with E-state index in [0.717, 1.165) is 0 Å². The molecule has 1 saturated heterocycles. The SMILES string of the molecule is OCC1OC[C](O)[C@H](O)[C@@H]1O. The van der Waals surface area contributed by atoms with Crippen LogP contribution in [0.4, 0.5) is 0 Å². The molecular weight excluding hydrogens is 152 g/mol. The van der Waals surface area contributed by atoms with E-state index in [9.17, 15) is 0 Å². The van der Waals surface area contributed by atoms with Gasteiger partial charge in [0.2, 0.25) is 0 Å². The molecule has 0 amide bonds. The van der Waals surface area contributed by atoms with Crippen LogP contribution in [-0.4, -0.2) is 52.0 Å². The van der Waals surface area contributed by atoms with Crippen molar-refractivity contribution < 1.29 is 25.2 Å². The molecule has 0 aromatic rings. The van der Waals surface area contributed by atoms with Crippen molar-refractivity contribution in [2.24, 2.45) is 0 Å². The maximum atomic E-state index is 9.09. The van der Waals surface area contributed by atoms with Gasteiger partial charge in [-0.3, -0.25) is 0 Å². The largest absolute Gasteiger partial charge is 0.394 e. The van der Waals surface area contributed by atoms with Crippen LogP contribution in [0.15, 0.2) is 0 Å². The number of hydrogen-bond acceptors (Lipinski definition) is 5. The first-order valence-corrected chi connectivity index (χ1v) is 3.30. The lowest BCUT2D eigenvalue weighted by atomic mass is 10.0. The van der Waals surface area contributed by atoms with Gasteiger partial charge < -0.3 is 25.2 Å². The zero-order valence-electron chi connectivity index (χ0n) is 5.84. The second kappa shape index (κ2) is 3.46. The summed E-state index contributed by atoms with van der Waals surface area (Å²) in [5, 5.41) is 35.6. The standard InChI is InChI=1S/C6H11O5/c7-1-4-6(10)5(9)3(8)2-11-4/h4-10H,1-2H2/t4?,5-,6+/m0/s1. The summed E-state index contributed by atoms with van der Waals surface area (Å²) in [6, 6.07) is 0. The molecule has 0 saturated carbocycles. The van der Waals surface area contributed by atoms with Crippen molar-refractivity contribution in [2.75, 3.05) is 13.2 Å². The van der Waals surface area contributed by atoms with E-state index in [0.29, 0.717) is 0 Å². The molecule has 1 fully saturated rings. The summed E-state index contributed by atoms with van der Waals surface area (Å²) in [7, 11) is 0. The summed E-state index contributed by atoms with van der Waals surface area (Å²) in [5.74, 6) is 0. The lowest BCUT2D eigenvalue weighted by Crippen LogP contribution is -2.50. The zero-order valence-corrected chi connectivity index (χ0v) is 5.84. The van der Waals surface area contributed by atoms with E-state index in [2.05, 4.69) is 0 Å². The van der Waals surface area contributed by atoms with E-state index in [1.165, 1.54) is 0 Å². The molecule has 1 heterocycles. The molecule has 1 aliphatic heterocycles. The highest BCUT2D eigenvalue weighted by Gasteiger charge is 2.37. The Balaban J connectivity index is 2.52. The van der Waals surface area contributed by atoms with E-state index >= 15 is 0 Å². The topological polar surface area (TPSA) is 90.2 Å². The van der Waals surface area contributed by atoms with Gasteiger partial charge >= 0.3 is 0 Å². The molecule has 11 heavy (non-hydrogen) atoms. The van der Waals surface area contributed by atoms with Gasteiger partial charge in [0.15, 0.2) is 0 Å². The number of aliphatic hydroxyl groups excluding tert-OH is 4. The highest BCUT2D eigenvalue weighted by atomic mass is 16.5. The Kier molecular flexibility index (Phi) is 2.80. The third-order valence-corrected chi connectivity index (χ3v) is 1.67. The summed E-state index contributed by atoms with van der Waals surface area (Å²) in [4.78, 5) is 0. The van der Waals surface area contributed by atoms with Crippen LogP contribution in [-0.2, 0) is 4.74 Å². The van der Waals surface area contributed by atoms with Gasteiger partial charge in [0.25, 0.3) is 0 Å². The van der Waals surface area contributed by atoms with Gasteiger partial charge in [-0.25, -0.2) is 0 Å². The Labute approximate surface area is 63.8 Å². The molecule has 1 unspecified atom stereocenters. The number of hydrogen-bond donors (Lipinski definition) is 4. The summed E-state index contributed by atoms with van der Waals surface area (Å²) < 4.78 is 4.78. The molecule has 5 nitrogen and oxygen atoms in total. The first kappa shape index (κ1) is 8.89. The van der Waals surface area contributed by atoms with E-state index < -0.39 is 18.3 Å². The number of rotatable bonds is 1. The second-order valence-electron chi connectivity index (χ2n) is 2.46. The summed E-state index contributed by atoms with van der Waals surface area (Å²) in [6.45, 7) is -0.505. The maximum Gasteiger partial charge on any atom is 0.150 e. The van der Waals surface area contributed by atoms with Crippen molar-refractivity contribution >= 4 is 0 Å². The Morgan fingerprint density at radius 2 is 2.09 bits per heavy atom. The fraction of sp³-hybridized carbons (Fsp3) is 0.833. The van der Waals surface area contributed by atoms with Crippen molar-refractivity contribution in [3.8, 4) is 0 Å². The first-order chi connectivity index (χ1) is 5.16. The molecule has 0 spiro atoms. The van der Waals surface area contributed by atoms with Crippen molar-refractivity contribution in [3.05, 3.63) is 6.10 Å². The van der Waals surface area contributed by atoms with Crippen LogP contribution in [0.3, 0.4) is 0 Å². The minimum absolute atomic E-state index is 0.135. The van der Waals surface area contributed by atoms with Gasteiger partial charge in [-0.15, -0.1) is 0 Å². The summed E-state index contributed by atoms with van der Waals surface area (Å²) in [5.41, 5.74) is 0. The fourth-order valence-corrected chi connectivity index (χ4v) is 0.938. The van der Waals surface area contributed by atoms with Crippen molar-refractivity contribution in [1.29, 1.82) is 0 Å². The van der Waals surface area contributed by atoms with Crippen LogP contribution in [0, 0.1) is 6.10 Å². The average Bonchev–Trinajstić information content (AvgIpc) is 2.01. The van der Waals surface area contributed by atoms with Crippen LogP contribution < -0.4 is 0 Å². The molecule has 1 radical (unpaired) electrons. The zero-order chi connectivity index (χ0) is 8.43. The molecule has 0 bridgehead atoms. The molecule has 0 aromatic carbocycles. The van der Waals surface area contributed by atoms with Crippen LogP contribution in [0.1, 0.15) is 0 Å². The molecule has 65 valence electrons. The molecule has 1 rings (SSSR count). The van der Waals surface area contributed by atoms with Gasteiger partial charge in [0.05, 0.1) is 13.2 Å². The van der Waals surface area contributed by atoms with Crippen LogP contribution in [0.25, 0.3) is 0 Å². The van der Waals surface area contributed by atoms with Crippen molar-refractivity contribution in [2.45, 2.75) is 18.3 Å². The van der Waals surface area contributed by atoms with Crippen LogP contribution in [0.5, 0.6) is 0 Å². The molecular formula is C6H11O5. The minimum atomic E-state index is -1.30. The Morgan fingerprint density at radius 1 is 1.45 bits per heavy atom. The van der Waals surface area contributed by atoms with Gasteiger partial charge in [-0.2, -0.15) is 0 Å².